The minimum Gasteiger partial charge on any atom is -0.382 e. The molecule has 2 N–H and O–H groups in total. The van der Waals surface area contributed by atoms with E-state index in [0.717, 1.165) is 5.56 Å². The van der Waals surface area contributed by atoms with Gasteiger partial charge in [0, 0.05) is 26.0 Å². The molecule has 0 aliphatic rings. The Hall–Kier alpha value is -1.95. The van der Waals surface area contributed by atoms with Crippen LogP contribution in [0.3, 0.4) is 0 Å². The number of carbonyl (C=O) groups excluding carboxylic acids is 2. The number of nitrogens with one attached hydrogen (secondary N) is 2. The summed E-state index contributed by atoms with van der Waals surface area (Å²) in [7, 11) is 0. The summed E-state index contributed by atoms with van der Waals surface area (Å²) in [6, 6.07) is 3.46. The lowest BCUT2D eigenvalue weighted by atomic mass is 10.3. The van der Waals surface area contributed by atoms with E-state index in [1.807, 2.05) is 19.9 Å². The molecule has 19 heavy (non-hydrogen) atoms. The van der Waals surface area contributed by atoms with Gasteiger partial charge in [-0.1, -0.05) is 6.07 Å². The summed E-state index contributed by atoms with van der Waals surface area (Å²) in [4.78, 5) is 27.0. The lowest BCUT2D eigenvalue weighted by Gasteiger charge is -2.06. The van der Waals surface area contributed by atoms with Crippen LogP contribution in [0.4, 0.5) is 5.82 Å². The smallest absolute Gasteiger partial charge is 0.314 e. The fourth-order valence-electron chi connectivity index (χ4n) is 1.32. The number of rotatable bonds is 6. The van der Waals surface area contributed by atoms with Crippen LogP contribution in [0.2, 0.25) is 0 Å². The van der Waals surface area contributed by atoms with E-state index in [-0.39, 0.29) is 0 Å². The molecule has 0 fully saturated rings. The molecule has 1 aromatic rings. The highest BCUT2D eigenvalue weighted by molar-refractivity contribution is 6.39. The average Bonchev–Trinajstić information content (AvgIpc) is 2.41. The Kier molecular flexibility index (Phi) is 6.52. The molecule has 0 unspecified atom stereocenters. The largest absolute Gasteiger partial charge is 0.382 e. The topological polar surface area (TPSA) is 80.3 Å². The molecule has 0 bridgehead atoms. The first kappa shape index (κ1) is 15.1. The van der Waals surface area contributed by atoms with Gasteiger partial charge >= 0.3 is 11.8 Å². The van der Waals surface area contributed by atoms with E-state index in [1.165, 1.54) is 0 Å². The highest BCUT2D eigenvalue weighted by atomic mass is 16.5. The number of anilines is 1. The van der Waals surface area contributed by atoms with Crippen LogP contribution in [-0.4, -0.2) is 36.6 Å². The molecule has 1 rings (SSSR count). The predicted molar refractivity (Wildman–Crippen MR) is 71.7 cm³/mol. The van der Waals surface area contributed by atoms with E-state index in [2.05, 4.69) is 15.6 Å². The average molecular weight is 265 g/mol. The summed E-state index contributed by atoms with van der Waals surface area (Å²) in [5, 5.41) is 4.94. The molecule has 0 atom stereocenters. The first-order valence-corrected chi connectivity index (χ1v) is 6.23. The molecule has 1 aromatic heterocycles. The minimum absolute atomic E-state index is 0.361. The van der Waals surface area contributed by atoms with Crippen molar-refractivity contribution in [2.75, 3.05) is 25.1 Å². The third-order valence-corrected chi connectivity index (χ3v) is 2.31. The predicted octanol–water partition coefficient (Wildman–Crippen LogP) is 0.871. The van der Waals surface area contributed by atoms with Gasteiger partial charge < -0.3 is 15.4 Å². The number of aromatic nitrogens is 1. The SMILES string of the molecule is CCOCCCNC(=O)C(=O)Nc1ccc(C)cn1. The van der Waals surface area contributed by atoms with Gasteiger partial charge in [0.15, 0.2) is 0 Å². The summed E-state index contributed by atoms with van der Waals surface area (Å²) in [6.45, 7) is 5.42. The highest BCUT2D eigenvalue weighted by Gasteiger charge is 2.13. The third-order valence-electron chi connectivity index (χ3n) is 2.31. The quantitative estimate of drug-likeness (QED) is 0.591. The number of hydrogen-bond acceptors (Lipinski definition) is 4. The molecular formula is C13H19N3O3. The van der Waals surface area contributed by atoms with Crippen molar-refractivity contribution in [1.29, 1.82) is 0 Å². The normalized spacial score (nSPS) is 10.0. The van der Waals surface area contributed by atoms with Gasteiger partial charge in [0.25, 0.3) is 0 Å². The number of aryl methyl sites for hydroxylation is 1. The van der Waals surface area contributed by atoms with Crippen LogP contribution in [0.1, 0.15) is 18.9 Å². The van der Waals surface area contributed by atoms with Gasteiger partial charge in [-0.25, -0.2) is 4.98 Å². The molecule has 0 saturated carbocycles. The maximum Gasteiger partial charge on any atom is 0.314 e. The molecule has 0 spiro atoms. The Morgan fingerprint density at radius 3 is 2.74 bits per heavy atom. The summed E-state index contributed by atoms with van der Waals surface area (Å²) >= 11 is 0. The van der Waals surface area contributed by atoms with Crippen LogP contribution in [0.15, 0.2) is 18.3 Å². The third kappa shape index (κ3) is 5.96. The van der Waals surface area contributed by atoms with Crippen LogP contribution < -0.4 is 10.6 Å². The Balaban J connectivity index is 2.28. The number of ether oxygens (including phenoxy) is 1. The molecule has 0 aromatic carbocycles. The van der Waals surface area contributed by atoms with Crippen molar-refractivity contribution in [3.05, 3.63) is 23.9 Å². The van der Waals surface area contributed by atoms with E-state index in [9.17, 15) is 9.59 Å². The van der Waals surface area contributed by atoms with Crippen LogP contribution >= 0.6 is 0 Å². The molecule has 2 amide bonds. The van der Waals surface area contributed by atoms with E-state index in [1.54, 1.807) is 12.3 Å². The molecule has 104 valence electrons. The van der Waals surface area contributed by atoms with E-state index < -0.39 is 11.8 Å². The number of nitrogens with zero attached hydrogens (tertiary/aromatic N) is 1. The highest BCUT2D eigenvalue weighted by Crippen LogP contribution is 2.03. The molecule has 0 saturated heterocycles. The fourth-order valence-corrected chi connectivity index (χ4v) is 1.32. The Morgan fingerprint density at radius 2 is 2.11 bits per heavy atom. The Morgan fingerprint density at radius 1 is 1.32 bits per heavy atom. The zero-order valence-corrected chi connectivity index (χ0v) is 11.2. The summed E-state index contributed by atoms with van der Waals surface area (Å²) in [5.41, 5.74) is 0.985. The lowest BCUT2D eigenvalue weighted by molar-refractivity contribution is -0.136. The first-order chi connectivity index (χ1) is 9.13. The van der Waals surface area contributed by atoms with E-state index in [4.69, 9.17) is 4.74 Å². The molecule has 6 heteroatoms. The zero-order chi connectivity index (χ0) is 14.1. The van der Waals surface area contributed by atoms with Crippen molar-refractivity contribution in [1.82, 2.24) is 10.3 Å². The number of amides is 2. The number of carbonyl (C=O) groups is 2. The molecule has 0 radical (unpaired) electrons. The van der Waals surface area contributed by atoms with Gasteiger partial charge in [0.2, 0.25) is 0 Å². The van der Waals surface area contributed by atoms with Crippen molar-refractivity contribution in [3.63, 3.8) is 0 Å². The van der Waals surface area contributed by atoms with Crippen LogP contribution in [0, 0.1) is 6.92 Å². The van der Waals surface area contributed by atoms with Gasteiger partial charge in [0.05, 0.1) is 0 Å². The standard InChI is InChI=1S/C13H19N3O3/c1-3-19-8-4-7-14-12(17)13(18)16-11-6-5-10(2)9-15-11/h5-6,9H,3-4,7-8H2,1-2H3,(H,14,17)(H,15,16,18). The summed E-state index contributed by atoms with van der Waals surface area (Å²) in [6.07, 6.45) is 2.30. The summed E-state index contributed by atoms with van der Waals surface area (Å²) in [5.74, 6) is -1.02. The van der Waals surface area contributed by atoms with Gasteiger partial charge in [-0.05, 0) is 31.9 Å². The fraction of sp³-hybridized carbons (Fsp3) is 0.462. The molecule has 0 aliphatic heterocycles. The van der Waals surface area contributed by atoms with Crippen molar-refractivity contribution >= 4 is 17.6 Å². The monoisotopic (exact) mass is 265 g/mol. The van der Waals surface area contributed by atoms with Crippen LogP contribution in [0.25, 0.3) is 0 Å². The second kappa shape index (κ2) is 8.20. The number of pyridine rings is 1. The van der Waals surface area contributed by atoms with E-state index in [0.29, 0.717) is 32.0 Å². The van der Waals surface area contributed by atoms with Gasteiger partial charge in [0.1, 0.15) is 5.82 Å². The Labute approximate surface area is 112 Å². The molecule has 6 nitrogen and oxygen atoms in total. The second-order valence-electron chi connectivity index (χ2n) is 3.98. The molecule has 1 heterocycles. The maximum atomic E-state index is 11.5. The lowest BCUT2D eigenvalue weighted by Crippen LogP contribution is -2.36. The van der Waals surface area contributed by atoms with Crippen LogP contribution in [-0.2, 0) is 14.3 Å². The van der Waals surface area contributed by atoms with Gasteiger partial charge in [-0.2, -0.15) is 0 Å². The second-order valence-corrected chi connectivity index (χ2v) is 3.98. The van der Waals surface area contributed by atoms with Crippen molar-refractivity contribution < 1.29 is 14.3 Å². The minimum atomic E-state index is -0.715. The van der Waals surface area contributed by atoms with Crippen molar-refractivity contribution in [2.45, 2.75) is 20.3 Å². The summed E-state index contributed by atoms with van der Waals surface area (Å²) < 4.78 is 5.12. The van der Waals surface area contributed by atoms with Crippen molar-refractivity contribution in [2.24, 2.45) is 0 Å². The maximum absolute atomic E-state index is 11.5. The van der Waals surface area contributed by atoms with Gasteiger partial charge in [-0.3, -0.25) is 9.59 Å². The van der Waals surface area contributed by atoms with Crippen LogP contribution in [0.5, 0.6) is 0 Å². The van der Waals surface area contributed by atoms with Crippen molar-refractivity contribution in [3.8, 4) is 0 Å². The van der Waals surface area contributed by atoms with E-state index >= 15 is 0 Å². The molecule has 0 aliphatic carbocycles. The molecular weight excluding hydrogens is 246 g/mol. The number of hydrogen-bond donors (Lipinski definition) is 2. The first-order valence-electron chi connectivity index (χ1n) is 6.23. The zero-order valence-electron chi connectivity index (χ0n) is 11.2. The Bertz CT molecular complexity index is 418. The van der Waals surface area contributed by atoms with Gasteiger partial charge in [-0.15, -0.1) is 0 Å².